The number of benzene rings is 1. The molecule has 10 heteroatoms. The molecule has 1 aromatic carbocycles. The van der Waals surface area contributed by atoms with Crippen LogP contribution in [0.15, 0.2) is 60.1 Å². The second-order valence-electron chi connectivity index (χ2n) is 6.43. The van der Waals surface area contributed by atoms with E-state index in [2.05, 4.69) is 47.3 Å². The average Bonchev–Trinajstić information content (AvgIpc) is 3.32. The number of rotatable bonds is 8. The number of aromatic nitrogens is 5. The van der Waals surface area contributed by atoms with Crippen molar-refractivity contribution in [3.05, 3.63) is 66.0 Å². The molecule has 0 spiro atoms. The summed E-state index contributed by atoms with van der Waals surface area (Å²) in [7, 11) is 0. The van der Waals surface area contributed by atoms with E-state index >= 15 is 0 Å². The van der Waals surface area contributed by atoms with Crippen LogP contribution in [0, 0.1) is 5.82 Å². The van der Waals surface area contributed by atoms with Gasteiger partial charge in [0, 0.05) is 37.2 Å². The predicted octanol–water partition coefficient (Wildman–Crippen LogP) is 4.58. The van der Waals surface area contributed by atoms with Crippen LogP contribution in [0.4, 0.5) is 21.8 Å². The molecule has 0 atom stereocenters. The van der Waals surface area contributed by atoms with Gasteiger partial charge in [-0.15, -0.1) is 0 Å². The summed E-state index contributed by atoms with van der Waals surface area (Å²) < 4.78 is 13.5. The third-order valence-corrected chi connectivity index (χ3v) is 4.69. The van der Waals surface area contributed by atoms with Crippen molar-refractivity contribution in [2.45, 2.75) is 0 Å². The van der Waals surface area contributed by atoms with E-state index in [0.717, 1.165) is 5.82 Å². The van der Waals surface area contributed by atoms with Crippen molar-refractivity contribution in [3.63, 3.8) is 0 Å². The van der Waals surface area contributed by atoms with Gasteiger partial charge in [0.25, 0.3) is 0 Å². The number of imidazole rings is 1. The number of pyridine rings is 1. The van der Waals surface area contributed by atoms with Gasteiger partial charge in [-0.05, 0) is 37.0 Å². The van der Waals surface area contributed by atoms with Crippen LogP contribution in [0.3, 0.4) is 0 Å². The van der Waals surface area contributed by atoms with E-state index < -0.39 is 5.82 Å². The first kappa shape index (κ1) is 20.4. The molecular weight excluding hydrogens is 419 g/mol. The minimum atomic E-state index is -0.419. The van der Waals surface area contributed by atoms with Crippen molar-refractivity contribution in [3.8, 4) is 22.6 Å². The van der Waals surface area contributed by atoms with Crippen molar-refractivity contribution in [2.24, 2.45) is 4.99 Å². The molecule has 8 nitrogen and oxygen atoms in total. The van der Waals surface area contributed by atoms with Gasteiger partial charge < -0.3 is 15.6 Å². The molecule has 0 radical (unpaired) electrons. The molecule has 0 saturated heterocycles. The zero-order chi connectivity index (χ0) is 21.6. The fourth-order valence-electron chi connectivity index (χ4n) is 2.89. The summed E-state index contributed by atoms with van der Waals surface area (Å²) in [6.45, 7) is 4.59. The van der Waals surface area contributed by atoms with Crippen LogP contribution in [0.2, 0.25) is 5.02 Å². The van der Waals surface area contributed by atoms with Gasteiger partial charge in [0.15, 0.2) is 0 Å². The molecule has 0 unspecified atom stereocenters. The summed E-state index contributed by atoms with van der Waals surface area (Å²) in [4.78, 5) is 24.3. The van der Waals surface area contributed by atoms with Gasteiger partial charge in [-0.2, -0.15) is 0 Å². The Bertz CT molecular complexity index is 1180. The van der Waals surface area contributed by atoms with Gasteiger partial charge in [-0.3, -0.25) is 4.99 Å². The van der Waals surface area contributed by atoms with Crippen molar-refractivity contribution in [2.75, 3.05) is 23.7 Å². The predicted molar refractivity (Wildman–Crippen MR) is 120 cm³/mol. The second kappa shape index (κ2) is 9.31. The Kier molecular flexibility index (Phi) is 6.13. The fourth-order valence-corrected chi connectivity index (χ4v) is 3.15. The first-order valence-corrected chi connectivity index (χ1v) is 9.74. The molecule has 3 heterocycles. The van der Waals surface area contributed by atoms with Crippen LogP contribution in [-0.4, -0.2) is 44.7 Å². The molecule has 0 aliphatic heterocycles. The molecule has 0 bridgehead atoms. The Morgan fingerprint density at radius 3 is 2.61 bits per heavy atom. The largest absolute Gasteiger partial charge is 0.368 e. The van der Waals surface area contributed by atoms with E-state index in [9.17, 15) is 4.39 Å². The molecule has 0 aliphatic rings. The first-order valence-electron chi connectivity index (χ1n) is 9.37. The highest BCUT2D eigenvalue weighted by atomic mass is 35.5. The van der Waals surface area contributed by atoms with E-state index in [1.165, 1.54) is 12.1 Å². The minimum Gasteiger partial charge on any atom is -0.368 e. The highest BCUT2D eigenvalue weighted by Gasteiger charge is 2.16. The van der Waals surface area contributed by atoms with E-state index in [-0.39, 0.29) is 5.02 Å². The van der Waals surface area contributed by atoms with Crippen molar-refractivity contribution in [1.29, 1.82) is 0 Å². The van der Waals surface area contributed by atoms with Crippen molar-refractivity contribution in [1.82, 2.24) is 24.9 Å². The highest BCUT2D eigenvalue weighted by Crippen LogP contribution is 2.33. The Morgan fingerprint density at radius 1 is 1.03 bits per heavy atom. The van der Waals surface area contributed by atoms with Crippen LogP contribution < -0.4 is 10.6 Å². The van der Waals surface area contributed by atoms with Gasteiger partial charge in [0.05, 0.1) is 28.2 Å². The number of hydrogen-bond acceptors (Lipinski definition) is 7. The fraction of sp³-hybridized carbons (Fsp3) is 0.0952. The first-order chi connectivity index (χ1) is 15.1. The molecule has 156 valence electrons. The summed E-state index contributed by atoms with van der Waals surface area (Å²) in [6.07, 6.45) is 6.63. The van der Waals surface area contributed by atoms with E-state index in [4.69, 9.17) is 11.6 Å². The number of nitrogens with zero attached hydrogens (tertiary/aromatic N) is 5. The lowest BCUT2D eigenvalue weighted by molar-refractivity contribution is 0.628. The molecule has 4 rings (SSSR count). The van der Waals surface area contributed by atoms with Crippen LogP contribution >= 0.6 is 11.6 Å². The van der Waals surface area contributed by atoms with Gasteiger partial charge in [-0.25, -0.2) is 24.3 Å². The Hall–Kier alpha value is -3.85. The maximum absolute atomic E-state index is 13.5. The van der Waals surface area contributed by atoms with E-state index in [1.54, 1.807) is 30.9 Å². The molecule has 4 aromatic rings. The Balaban J connectivity index is 1.51. The zero-order valence-corrected chi connectivity index (χ0v) is 17.1. The highest BCUT2D eigenvalue weighted by molar-refractivity contribution is 6.33. The number of H-pyrrole nitrogens is 1. The molecule has 31 heavy (non-hydrogen) atoms. The molecule has 3 aromatic heterocycles. The summed E-state index contributed by atoms with van der Waals surface area (Å²) in [5.74, 6) is 1.30. The standard InChI is InChI=1S/C21H18ClFN8/c1-24-14-3-5-18(29-11-14)25-6-9-28-21-30-12-16(20-26-7-8-27-20)19(31-21)15-4-2-13(23)10-17(15)22/h2-5,7-8,10-12H,1,6,9H2,(H,25,29)(H,26,27)(H,28,30,31). The van der Waals surface area contributed by atoms with Crippen LogP contribution in [0.5, 0.6) is 0 Å². The SMILES string of the molecule is C=Nc1ccc(NCCNc2ncc(-c3ncc[nH]3)c(-c3ccc(F)cc3Cl)n2)nc1. The van der Waals surface area contributed by atoms with E-state index in [0.29, 0.717) is 47.4 Å². The summed E-state index contributed by atoms with van der Waals surface area (Å²) in [5, 5.41) is 6.61. The lowest BCUT2D eigenvalue weighted by Gasteiger charge is -2.12. The topological polar surface area (TPSA) is 104 Å². The van der Waals surface area contributed by atoms with Crippen molar-refractivity contribution >= 4 is 35.8 Å². The smallest absolute Gasteiger partial charge is 0.223 e. The van der Waals surface area contributed by atoms with Gasteiger partial charge in [-0.1, -0.05) is 11.6 Å². The molecule has 3 N–H and O–H groups in total. The quantitative estimate of drug-likeness (QED) is 0.276. The number of hydrogen-bond donors (Lipinski definition) is 3. The summed E-state index contributed by atoms with van der Waals surface area (Å²) in [5.41, 5.74) is 2.49. The number of aromatic amines is 1. The van der Waals surface area contributed by atoms with E-state index in [1.807, 2.05) is 12.1 Å². The Morgan fingerprint density at radius 2 is 1.90 bits per heavy atom. The maximum Gasteiger partial charge on any atom is 0.223 e. The number of nitrogens with one attached hydrogen (secondary N) is 3. The maximum atomic E-state index is 13.5. The molecule has 0 fully saturated rings. The molecule has 0 aliphatic carbocycles. The third kappa shape index (κ3) is 4.84. The van der Waals surface area contributed by atoms with Gasteiger partial charge in [0.1, 0.15) is 17.5 Å². The molecule has 0 saturated carbocycles. The lowest BCUT2D eigenvalue weighted by Crippen LogP contribution is -2.16. The number of anilines is 2. The van der Waals surface area contributed by atoms with Crippen molar-refractivity contribution < 1.29 is 4.39 Å². The number of halogens is 2. The second-order valence-corrected chi connectivity index (χ2v) is 6.84. The molecular formula is C21H18ClFN8. The normalized spacial score (nSPS) is 10.6. The van der Waals surface area contributed by atoms with Crippen LogP contribution in [-0.2, 0) is 0 Å². The monoisotopic (exact) mass is 436 g/mol. The van der Waals surface area contributed by atoms with Gasteiger partial charge in [0.2, 0.25) is 5.95 Å². The van der Waals surface area contributed by atoms with Crippen LogP contribution in [0.1, 0.15) is 0 Å². The van der Waals surface area contributed by atoms with Gasteiger partial charge >= 0.3 is 0 Å². The Labute approximate surface area is 182 Å². The minimum absolute atomic E-state index is 0.252. The number of aliphatic imine (C=N–C) groups is 1. The van der Waals surface area contributed by atoms with Crippen LogP contribution in [0.25, 0.3) is 22.6 Å². The third-order valence-electron chi connectivity index (χ3n) is 4.37. The zero-order valence-electron chi connectivity index (χ0n) is 16.3. The average molecular weight is 437 g/mol. The summed E-state index contributed by atoms with van der Waals surface area (Å²) >= 11 is 6.29. The lowest BCUT2D eigenvalue weighted by atomic mass is 10.1. The molecule has 0 amide bonds. The summed E-state index contributed by atoms with van der Waals surface area (Å²) in [6, 6.07) is 7.83.